The number of rotatable bonds is 2. The number of fused-ring (bicyclic) bond motifs is 1. The van der Waals surface area contributed by atoms with Crippen molar-refractivity contribution >= 4 is 0 Å². The lowest BCUT2D eigenvalue weighted by Gasteiger charge is -2.30. The third-order valence-corrected chi connectivity index (χ3v) is 3.40. The number of aromatic nitrogens is 1. The van der Waals surface area contributed by atoms with Gasteiger partial charge in [-0.2, -0.15) is 0 Å². The van der Waals surface area contributed by atoms with E-state index in [0.717, 1.165) is 24.3 Å². The van der Waals surface area contributed by atoms with E-state index in [1.807, 2.05) is 26.8 Å². The van der Waals surface area contributed by atoms with Crippen LogP contribution < -0.4 is 4.74 Å². The van der Waals surface area contributed by atoms with E-state index in [2.05, 4.69) is 24.0 Å². The Kier molecular flexibility index (Phi) is 5.60. The van der Waals surface area contributed by atoms with Crippen molar-refractivity contribution in [2.24, 2.45) is 0 Å². The van der Waals surface area contributed by atoms with Crippen molar-refractivity contribution in [1.82, 2.24) is 9.88 Å². The summed E-state index contributed by atoms with van der Waals surface area (Å²) in [6.07, 6.45) is 3.31. The van der Waals surface area contributed by atoms with Gasteiger partial charge in [-0.15, -0.1) is 0 Å². The first-order valence-corrected chi connectivity index (χ1v) is 6.81. The molecule has 0 bridgehead atoms. The molecule has 1 aliphatic rings. The summed E-state index contributed by atoms with van der Waals surface area (Å²) in [6.45, 7) is 6.03. The van der Waals surface area contributed by atoms with E-state index in [-0.39, 0.29) is 0 Å². The van der Waals surface area contributed by atoms with Crippen LogP contribution in [0.2, 0.25) is 0 Å². The second-order valence-electron chi connectivity index (χ2n) is 4.75. The maximum Gasteiger partial charge on any atom is 0.125 e. The van der Waals surface area contributed by atoms with Crippen LogP contribution in [0.15, 0.2) is 6.07 Å². The number of hydrogen-bond donors (Lipinski definition) is 0. The van der Waals surface area contributed by atoms with Crippen LogP contribution in [0.25, 0.3) is 0 Å². The minimum atomic E-state index is 0.617. The van der Waals surface area contributed by atoms with Crippen LogP contribution >= 0.6 is 0 Å². The highest BCUT2D eigenvalue weighted by molar-refractivity contribution is 5.40. The monoisotopic (exact) mass is 250 g/mol. The summed E-state index contributed by atoms with van der Waals surface area (Å²) < 4.78 is 5.46. The van der Waals surface area contributed by atoms with Gasteiger partial charge < -0.3 is 9.64 Å². The van der Waals surface area contributed by atoms with E-state index < -0.39 is 0 Å². The Morgan fingerprint density at radius 1 is 1.33 bits per heavy atom. The molecular formula is C15H26N2O. The Morgan fingerprint density at radius 2 is 2.00 bits per heavy atom. The van der Waals surface area contributed by atoms with Crippen molar-refractivity contribution in [2.45, 2.75) is 46.1 Å². The minimum Gasteiger partial charge on any atom is -0.496 e. The molecule has 2 rings (SSSR count). The Bertz CT molecular complexity index is 371. The Labute approximate surface area is 111 Å². The van der Waals surface area contributed by atoms with Crippen LogP contribution in [0.5, 0.6) is 5.75 Å². The van der Waals surface area contributed by atoms with Crippen LogP contribution in [-0.2, 0) is 12.8 Å². The Balaban J connectivity index is 0.000000771. The van der Waals surface area contributed by atoms with Crippen LogP contribution in [0.3, 0.4) is 0 Å². The smallest absolute Gasteiger partial charge is 0.125 e. The predicted molar refractivity (Wildman–Crippen MR) is 76.4 cm³/mol. The lowest BCUT2D eigenvalue weighted by molar-refractivity contribution is 0.263. The summed E-state index contributed by atoms with van der Waals surface area (Å²) in [7, 11) is 6.03. The van der Waals surface area contributed by atoms with Gasteiger partial charge in [0.25, 0.3) is 0 Å². The zero-order chi connectivity index (χ0) is 13.7. The third-order valence-electron chi connectivity index (χ3n) is 3.40. The number of nitrogens with zero attached hydrogens (tertiary/aromatic N) is 2. The summed E-state index contributed by atoms with van der Waals surface area (Å²) in [6, 6.07) is 2.66. The maximum atomic E-state index is 5.46. The van der Waals surface area contributed by atoms with Gasteiger partial charge in [0.1, 0.15) is 5.75 Å². The molecule has 0 amide bonds. The van der Waals surface area contributed by atoms with Crippen molar-refractivity contribution in [1.29, 1.82) is 0 Å². The van der Waals surface area contributed by atoms with Crippen molar-refractivity contribution in [3.8, 4) is 5.75 Å². The SMILES string of the molecule is CC.COc1cc(C)nc2c1CC(N(C)C)CC2. The fourth-order valence-electron chi connectivity index (χ4n) is 2.42. The van der Waals surface area contributed by atoms with E-state index in [4.69, 9.17) is 4.74 Å². The fourth-order valence-corrected chi connectivity index (χ4v) is 2.42. The minimum absolute atomic E-state index is 0.617. The fraction of sp³-hybridized carbons (Fsp3) is 0.667. The predicted octanol–water partition coefficient (Wildman–Crippen LogP) is 2.84. The number of methoxy groups -OCH3 is 1. The molecule has 3 heteroatoms. The van der Waals surface area contributed by atoms with Gasteiger partial charge in [0.2, 0.25) is 0 Å². The number of aryl methyl sites for hydroxylation is 2. The highest BCUT2D eigenvalue weighted by atomic mass is 16.5. The van der Waals surface area contributed by atoms with Crippen molar-refractivity contribution in [2.75, 3.05) is 21.2 Å². The first-order chi connectivity index (χ1) is 8.61. The van der Waals surface area contributed by atoms with Crippen molar-refractivity contribution < 1.29 is 4.74 Å². The second-order valence-corrected chi connectivity index (χ2v) is 4.75. The van der Waals surface area contributed by atoms with Gasteiger partial charge in [-0.1, -0.05) is 13.8 Å². The zero-order valence-corrected chi connectivity index (χ0v) is 12.6. The molecule has 1 aliphatic carbocycles. The van der Waals surface area contributed by atoms with Crippen molar-refractivity contribution in [3.63, 3.8) is 0 Å². The topological polar surface area (TPSA) is 25.4 Å². The molecule has 0 fully saturated rings. The lowest BCUT2D eigenvalue weighted by atomic mass is 9.90. The molecule has 102 valence electrons. The lowest BCUT2D eigenvalue weighted by Crippen LogP contribution is -2.34. The number of ether oxygens (including phenoxy) is 1. The molecule has 0 saturated carbocycles. The van der Waals surface area contributed by atoms with E-state index in [1.54, 1.807) is 7.11 Å². The molecule has 0 saturated heterocycles. The van der Waals surface area contributed by atoms with E-state index >= 15 is 0 Å². The van der Waals surface area contributed by atoms with Gasteiger partial charge >= 0.3 is 0 Å². The largest absolute Gasteiger partial charge is 0.496 e. The third kappa shape index (κ3) is 3.22. The summed E-state index contributed by atoms with van der Waals surface area (Å²) in [5.74, 6) is 1.01. The molecule has 3 nitrogen and oxygen atoms in total. The van der Waals surface area contributed by atoms with Gasteiger partial charge in [0.05, 0.1) is 7.11 Å². The van der Waals surface area contributed by atoms with Crippen LogP contribution in [-0.4, -0.2) is 37.1 Å². The molecule has 0 aromatic carbocycles. The number of hydrogen-bond acceptors (Lipinski definition) is 3. The average molecular weight is 250 g/mol. The highest BCUT2D eigenvalue weighted by Gasteiger charge is 2.24. The molecule has 1 aromatic heterocycles. The molecule has 18 heavy (non-hydrogen) atoms. The quantitative estimate of drug-likeness (QED) is 0.807. The maximum absolute atomic E-state index is 5.46. The summed E-state index contributed by atoms with van der Waals surface area (Å²) in [5, 5.41) is 0. The van der Waals surface area contributed by atoms with Crippen LogP contribution in [0.1, 0.15) is 37.2 Å². The first kappa shape index (κ1) is 15.0. The average Bonchev–Trinajstić information content (AvgIpc) is 2.39. The normalized spacial score (nSPS) is 17.8. The molecular weight excluding hydrogens is 224 g/mol. The molecule has 1 heterocycles. The standard InChI is InChI=1S/C13H20N2O.C2H6/c1-9-7-13(16-4)11-8-10(15(2)3)5-6-12(11)14-9;1-2/h7,10H,5-6,8H2,1-4H3;1-2H3. The van der Waals surface area contributed by atoms with E-state index in [1.165, 1.54) is 17.7 Å². The van der Waals surface area contributed by atoms with Gasteiger partial charge in [0, 0.05) is 29.1 Å². The molecule has 0 aliphatic heterocycles. The number of likely N-dealkylation sites (N-methyl/N-ethyl adjacent to an activating group) is 1. The Hall–Kier alpha value is -1.09. The summed E-state index contributed by atoms with van der Waals surface area (Å²) in [5.41, 5.74) is 3.59. The molecule has 0 N–H and O–H groups in total. The Morgan fingerprint density at radius 3 is 2.56 bits per heavy atom. The highest BCUT2D eigenvalue weighted by Crippen LogP contribution is 2.30. The van der Waals surface area contributed by atoms with Gasteiger partial charge in [-0.3, -0.25) is 4.98 Å². The molecule has 0 spiro atoms. The summed E-state index contributed by atoms with van der Waals surface area (Å²) in [4.78, 5) is 6.91. The molecule has 1 atom stereocenters. The number of pyridine rings is 1. The summed E-state index contributed by atoms with van der Waals surface area (Å²) >= 11 is 0. The molecule has 1 aromatic rings. The first-order valence-electron chi connectivity index (χ1n) is 6.81. The van der Waals surface area contributed by atoms with E-state index in [9.17, 15) is 0 Å². The second kappa shape index (κ2) is 6.74. The molecule has 1 unspecified atom stereocenters. The van der Waals surface area contributed by atoms with Gasteiger partial charge in [-0.05, 0) is 40.3 Å². The van der Waals surface area contributed by atoms with E-state index in [0.29, 0.717) is 6.04 Å². The molecule has 0 radical (unpaired) electrons. The van der Waals surface area contributed by atoms with Gasteiger partial charge in [0.15, 0.2) is 0 Å². The van der Waals surface area contributed by atoms with Gasteiger partial charge in [-0.25, -0.2) is 0 Å². The van der Waals surface area contributed by atoms with Crippen LogP contribution in [0, 0.1) is 6.92 Å². The van der Waals surface area contributed by atoms with Crippen LogP contribution in [0.4, 0.5) is 0 Å². The van der Waals surface area contributed by atoms with Crippen molar-refractivity contribution in [3.05, 3.63) is 23.0 Å². The zero-order valence-electron chi connectivity index (χ0n) is 12.6.